The highest BCUT2D eigenvalue weighted by atomic mass is 16.2. The molecule has 1 atom stereocenters. The maximum atomic E-state index is 12.3. The van der Waals surface area contributed by atoms with Crippen molar-refractivity contribution in [3.8, 4) is 0 Å². The SMILES string of the molecule is C=CCN(C(=O)CCC(CCN)C(C)(C)C)C(C)C. The topological polar surface area (TPSA) is 46.3 Å². The zero-order valence-electron chi connectivity index (χ0n) is 13.4. The van der Waals surface area contributed by atoms with Gasteiger partial charge in [-0.05, 0) is 44.6 Å². The van der Waals surface area contributed by atoms with Gasteiger partial charge in [0.2, 0.25) is 5.91 Å². The minimum absolute atomic E-state index is 0.209. The van der Waals surface area contributed by atoms with Gasteiger partial charge >= 0.3 is 0 Å². The Bertz CT molecular complexity index is 279. The van der Waals surface area contributed by atoms with E-state index in [-0.39, 0.29) is 17.4 Å². The lowest BCUT2D eigenvalue weighted by Crippen LogP contribution is -2.37. The van der Waals surface area contributed by atoms with E-state index in [4.69, 9.17) is 5.73 Å². The van der Waals surface area contributed by atoms with Crippen LogP contribution in [0.25, 0.3) is 0 Å². The molecule has 0 radical (unpaired) electrons. The van der Waals surface area contributed by atoms with Crippen LogP contribution in [0.4, 0.5) is 0 Å². The third kappa shape index (κ3) is 6.76. The van der Waals surface area contributed by atoms with Crippen molar-refractivity contribution in [2.45, 2.75) is 59.9 Å². The van der Waals surface area contributed by atoms with Crippen LogP contribution in [-0.4, -0.2) is 29.9 Å². The van der Waals surface area contributed by atoms with Crippen molar-refractivity contribution in [2.75, 3.05) is 13.1 Å². The second-order valence-electron chi connectivity index (χ2n) is 6.61. The molecule has 2 N–H and O–H groups in total. The van der Waals surface area contributed by atoms with Crippen molar-refractivity contribution in [1.82, 2.24) is 4.90 Å². The predicted octanol–water partition coefficient (Wildman–Crippen LogP) is 3.20. The minimum Gasteiger partial charge on any atom is -0.337 e. The first-order chi connectivity index (χ1) is 8.73. The molecular weight excluding hydrogens is 236 g/mol. The molecule has 0 aliphatic rings. The summed E-state index contributed by atoms with van der Waals surface area (Å²) in [4.78, 5) is 14.1. The van der Waals surface area contributed by atoms with E-state index in [1.54, 1.807) is 6.08 Å². The van der Waals surface area contributed by atoms with Gasteiger partial charge in [-0.25, -0.2) is 0 Å². The first-order valence-corrected chi connectivity index (χ1v) is 7.34. The summed E-state index contributed by atoms with van der Waals surface area (Å²) >= 11 is 0. The predicted molar refractivity (Wildman–Crippen MR) is 82.9 cm³/mol. The van der Waals surface area contributed by atoms with Crippen molar-refractivity contribution in [3.05, 3.63) is 12.7 Å². The lowest BCUT2D eigenvalue weighted by Gasteiger charge is -2.32. The Hall–Kier alpha value is -0.830. The Labute approximate surface area is 119 Å². The second-order valence-corrected chi connectivity index (χ2v) is 6.61. The summed E-state index contributed by atoms with van der Waals surface area (Å²) in [5.41, 5.74) is 5.89. The van der Waals surface area contributed by atoms with E-state index in [0.29, 0.717) is 25.4 Å². The van der Waals surface area contributed by atoms with Gasteiger partial charge in [0.1, 0.15) is 0 Å². The van der Waals surface area contributed by atoms with Crippen molar-refractivity contribution in [3.63, 3.8) is 0 Å². The van der Waals surface area contributed by atoms with E-state index in [1.807, 2.05) is 18.7 Å². The van der Waals surface area contributed by atoms with Crippen molar-refractivity contribution in [1.29, 1.82) is 0 Å². The normalized spacial score (nSPS) is 13.4. The van der Waals surface area contributed by atoms with Gasteiger partial charge in [-0.1, -0.05) is 26.8 Å². The highest BCUT2D eigenvalue weighted by Crippen LogP contribution is 2.32. The zero-order chi connectivity index (χ0) is 15.1. The number of carbonyl (C=O) groups excluding carboxylic acids is 1. The third-order valence-corrected chi connectivity index (χ3v) is 3.72. The Morgan fingerprint density at radius 3 is 2.26 bits per heavy atom. The van der Waals surface area contributed by atoms with E-state index in [9.17, 15) is 4.79 Å². The van der Waals surface area contributed by atoms with Gasteiger partial charge in [0.15, 0.2) is 0 Å². The molecule has 1 unspecified atom stereocenters. The Morgan fingerprint density at radius 2 is 1.89 bits per heavy atom. The fourth-order valence-electron chi connectivity index (χ4n) is 2.39. The smallest absolute Gasteiger partial charge is 0.223 e. The quantitative estimate of drug-likeness (QED) is 0.687. The molecule has 1 amide bonds. The van der Waals surface area contributed by atoms with Crippen LogP contribution in [0.3, 0.4) is 0 Å². The second kappa shape index (κ2) is 8.36. The van der Waals surface area contributed by atoms with Crippen LogP contribution in [0.15, 0.2) is 12.7 Å². The van der Waals surface area contributed by atoms with E-state index in [1.165, 1.54) is 0 Å². The Morgan fingerprint density at radius 1 is 1.32 bits per heavy atom. The molecule has 0 aliphatic heterocycles. The molecular formula is C16H32N2O. The van der Waals surface area contributed by atoms with Crippen LogP contribution < -0.4 is 5.73 Å². The molecule has 0 bridgehead atoms. The Kier molecular flexibility index (Phi) is 8.00. The van der Waals surface area contributed by atoms with Gasteiger partial charge in [0.05, 0.1) is 0 Å². The summed E-state index contributed by atoms with van der Waals surface area (Å²) in [6.07, 6.45) is 4.30. The van der Waals surface area contributed by atoms with E-state index < -0.39 is 0 Å². The number of carbonyl (C=O) groups is 1. The molecule has 19 heavy (non-hydrogen) atoms. The maximum Gasteiger partial charge on any atom is 0.223 e. The summed E-state index contributed by atoms with van der Waals surface area (Å²) in [7, 11) is 0. The molecule has 0 fully saturated rings. The first-order valence-electron chi connectivity index (χ1n) is 7.34. The number of rotatable bonds is 8. The van der Waals surface area contributed by atoms with Crippen LogP contribution in [0.2, 0.25) is 0 Å². The summed E-state index contributed by atoms with van der Waals surface area (Å²) in [6, 6.07) is 0.230. The zero-order valence-corrected chi connectivity index (χ0v) is 13.4. The fourth-order valence-corrected chi connectivity index (χ4v) is 2.39. The average molecular weight is 268 g/mol. The molecule has 0 aromatic heterocycles. The average Bonchev–Trinajstić information content (AvgIpc) is 2.29. The van der Waals surface area contributed by atoms with Gasteiger partial charge < -0.3 is 10.6 Å². The van der Waals surface area contributed by atoms with Crippen LogP contribution in [-0.2, 0) is 4.79 Å². The van der Waals surface area contributed by atoms with Crippen molar-refractivity contribution < 1.29 is 4.79 Å². The van der Waals surface area contributed by atoms with Crippen LogP contribution >= 0.6 is 0 Å². The molecule has 112 valence electrons. The first kappa shape index (κ1) is 18.2. The fraction of sp³-hybridized carbons (Fsp3) is 0.812. The van der Waals surface area contributed by atoms with Crippen LogP contribution in [0.5, 0.6) is 0 Å². The highest BCUT2D eigenvalue weighted by molar-refractivity contribution is 5.76. The molecule has 3 nitrogen and oxygen atoms in total. The summed E-state index contributed by atoms with van der Waals surface area (Å²) in [6.45, 7) is 15.8. The van der Waals surface area contributed by atoms with Crippen molar-refractivity contribution >= 4 is 5.91 Å². The molecule has 0 rings (SSSR count). The van der Waals surface area contributed by atoms with Gasteiger partial charge in [0, 0.05) is 19.0 Å². The van der Waals surface area contributed by atoms with Gasteiger partial charge in [-0.15, -0.1) is 6.58 Å². The number of hydrogen-bond donors (Lipinski definition) is 1. The molecule has 3 heteroatoms. The molecule has 0 spiro atoms. The van der Waals surface area contributed by atoms with Crippen LogP contribution in [0.1, 0.15) is 53.9 Å². The van der Waals surface area contributed by atoms with Crippen LogP contribution in [0, 0.1) is 11.3 Å². The molecule has 0 aromatic carbocycles. The largest absolute Gasteiger partial charge is 0.337 e. The lowest BCUT2D eigenvalue weighted by atomic mass is 9.76. The highest BCUT2D eigenvalue weighted by Gasteiger charge is 2.25. The van der Waals surface area contributed by atoms with Gasteiger partial charge in [-0.2, -0.15) is 0 Å². The monoisotopic (exact) mass is 268 g/mol. The lowest BCUT2D eigenvalue weighted by molar-refractivity contribution is -0.132. The summed E-state index contributed by atoms with van der Waals surface area (Å²) < 4.78 is 0. The maximum absolute atomic E-state index is 12.3. The number of nitrogens with two attached hydrogens (primary N) is 1. The molecule has 0 saturated carbocycles. The summed E-state index contributed by atoms with van der Waals surface area (Å²) in [5.74, 6) is 0.723. The van der Waals surface area contributed by atoms with Gasteiger partial charge in [0.25, 0.3) is 0 Å². The van der Waals surface area contributed by atoms with Gasteiger partial charge in [-0.3, -0.25) is 4.79 Å². The molecule has 0 saturated heterocycles. The standard InChI is InChI=1S/C16H32N2O/c1-7-12-18(13(2)3)15(19)9-8-14(10-11-17)16(4,5)6/h7,13-14H,1,8-12,17H2,2-6H3. The van der Waals surface area contributed by atoms with E-state index in [0.717, 1.165) is 12.8 Å². The molecule has 0 aromatic rings. The van der Waals surface area contributed by atoms with E-state index >= 15 is 0 Å². The number of hydrogen-bond acceptors (Lipinski definition) is 2. The van der Waals surface area contributed by atoms with Crippen molar-refractivity contribution in [2.24, 2.45) is 17.1 Å². The van der Waals surface area contributed by atoms with E-state index in [2.05, 4.69) is 27.4 Å². The Balaban J connectivity index is 4.49. The minimum atomic E-state index is 0.209. The molecule has 0 aliphatic carbocycles. The summed E-state index contributed by atoms with van der Waals surface area (Å²) in [5, 5.41) is 0. The molecule has 0 heterocycles. The number of nitrogens with zero attached hydrogens (tertiary/aromatic N) is 1. The third-order valence-electron chi connectivity index (χ3n) is 3.72. The number of amides is 1.